The number of benzene rings is 1. The highest BCUT2D eigenvalue weighted by Crippen LogP contribution is 2.30. The van der Waals surface area contributed by atoms with Gasteiger partial charge in [-0.1, -0.05) is 27.5 Å². The summed E-state index contributed by atoms with van der Waals surface area (Å²) >= 11 is 9.66. The van der Waals surface area contributed by atoms with Gasteiger partial charge in [-0.3, -0.25) is 0 Å². The van der Waals surface area contributed by atoms with Gasteiger partial charge in [0.1, 0.15) is 0 Å². The Bertz CT molecular complexity index is 356. The maximum Gasteiger partial charge on any atom is 0.0650 e. The Labute approximate surface area is 104 Å². The average molecular weight is 290 g/mol. The number of nitrogens with zero attached hydrogens (tertiary/aromatic N) is 1. The molecule has 4 heteroatoms. The monoisotopic (exact) mass is 288 g/mol. The summed E-state index contributed by atoms with van der Waals surface area (Å²) < 4.78 is 1.03. The van der Waals surface area contributed by atoms with Crippen molar-refractivity contribution in [2.45, 2.75) is 13.0 Å². The highest BCUT2D eigenvalue weighted by atomic mass is 79.9. The minimum absolute atomic E-state index is 0.498. The summed E-state index contributed by atoms with van der Waals surface area (Å²) in [7, 11) is 0. The lowest BCUT2D eigenvalue weighted by Crippen LogP contribution is -2.50. The summed E-state index contributed by atoms with van der Waals surface area (Å²) in [6.07, 6.45) is 0. The van der Waals surface area contributed by atoms with Crippen LogP contribution in [-0.4, -0.2) is 25.7 Å². The fourth-order valence-corrected chi connectivity index (χ4v) is 2.70. The van der Waals surface area contributed by atoms with Crippen molar-refractivity contribution in [3.05, 3.63) is 27.7 Å². The Kier molecular flexibility index (Phi) is 3.54. The zero-order valence-corrected chi connectivity index (χ0v) is 11.0. The van der Waals surface area contributed by atoms with E-state index in [0.717, 1.165) is 34.8 Å². The Balaban J connectivity index is 2.27. The van der Waals surface area contributed by atoms with E-state index in [1.807, 2.05) is 12.1 Å². The number of halogens is 2. The quantitative estimate of drug-likeness (QED) is 0.855. The molecule has 2 nitrogen and oxygen atoms in total. The van der Waals surface area contributed by atoms with Crippen LogP contribution in [0.4, 0.5) is 5.69 Å². The molecule has 0 saturated carbocycles. The van der Waals surface area contributed by atoms with Crippen LogP contribution in [0.1, 0.15) is 6.92 Å². The third kappa shape index (κ3) is 2.47. The molecule has 0 spiro atoms. The summed E-state index contributed by atoms with van der Waals surface area (Å²) in [5.41, 5.74) is 1.13. The highest BCUT2D eigenvalue weighted by molar-refractivity contribution is 9.10. The van der Waals surface area contributed by atoms with Gasteiger partial charge in [-0.25, -0.2) is 0 Å². The van der Waals surface area contributed by atoms with Gasteiger partial charge in [0.05, 0.1) is 10.7 Å². The number of hydrogen-bond donors (Lipinski definition) is 1. The standard InChI is InChI=1S/C11H14BrClN2/c1-8-7-14-4-5-15(8)11-3-2-9(12)6-10(11)13/h2-3,6,8,14H,4-5,7H2,1H3. The van der Waals surface area contributed by atoms with Crippen LogP contribution in [0.15, 0.2) is 22.7 Å². The predicted molar refractivity (Wildman–Crippen MR) is 68.8 cm³/mol. The molecule has 0 bridgehead atoms. The fourth-order valence-electron chi connectivity index (χ4n) is 1.91. The van der Waals surface area contributed by atoms with E-state index < -0.39 is 0 Å². The van der Waals surface area contributed by atoms with Gasteiger partial charge in [-0.2, -0.15) is 0 Å². The first-order valence-corrected chi connectivity index (χ1v) is 6.28. The van der Waals surface area contributed by atoms with E-state index in [4.69, 9.17) is 11.6 Å². The zero-order valence-electron chi connectivity index (χ0n) is 8.63. The first kappa shape index (κ1) is 11.2. The van der Waals surface area contributed by atoms with E-state index in [-0.39, 0.29) is 0 Å². The molecule has 1 N–H and O–H groups in total. The van der Waals surface area contributed by atoms with Gasteiger partial charge in [-0.05, 0) is 25.1 Å². The van der Waals surface area contributed by atoms with Gasteiger partial charge >= 0.3 is 0 Å². The maximum absolute atomic E-state index is 6.24. The third-order valence-electron chi connectivity index (χ3n) is 2.72. The van der Waals surface area contributed by atoms with E-state index in [9.17, 15) is 0 Å². The first-order chi connectivity index (χ1) is 7.18. The summed E-state index contributed by atoms with van der Waals surface area (Å²) in [5, 5.41) is 4.19. The van der Waals surface area contributed by atoms with Gasteiger partial charge in [0.15, 0.2) is 0 Å². The highest BCUT2D eigenvalue weighted by Gasteiger charge is 2.19. The maximum atomic E-state index is 6.24. The SMILES string of the molecule is CC1CNCCN1c1ccc(Br)cc1Cl. The molecule has 0 aromatic heterocycles. The van der Waals surface area contributed by atoms with Gasteiger partial charge in [-0.15, -0.1) is 0 Å². The van der Waals surface area contributed by atoms with Crippen LogP contribution >= 0.6 is 27.5 Å². The molecular formula is C11H14BrClN2. The molecule has 1 aliphatic heterocycles. The molecule has 1 unspecified atom stereocenters. The summed E-state index contributed by atoms with van der Waals surface area (Å²) in [4.78, 5) is 2.35. The van der Waals surface area contributed by atoms with E-state index in [0.29, 0.717) is 6.04 Å². The summed E-state index contributed by atoms with van der Waals surface area (Å²) in [6, 6.07) is 6.56. The molecule has 0 radical (unpaired) electrons. The molecule has 0 amide bonds. The van der Waals surface area contributed by atoms with Crippen molar-refractivity contribution in [1.29, 1.82) is 0 Å². The second-order valence-electron chi connectivity index (χ2n) is 3.84. The number of rotatable bonds is 1. The third-order valence-corrected chi connectivity index (χ3v) is 3.52. The van der Waals surface area contributed by atoms with Gasteiger partial charge < -0.3 is 10.2 Å². The fraction of sp³-hybridized carbons (Fsp3) is 0.455. The van der Waals surface area contributed by atoms with E-state index in [1.165, 1.54) is 0 Å². The minimum Gasteiger partial charge on any atom is -0.365 e. The Morgan fingerprint density at radius 1 is 1.53 bits per heavy atom. The van der Waals surface area contributed by atoms with Gasteiger partial charge in [0, 0.05) is 30.1 Å². The average Bonchev–Trinajstić information content (AvgIpc) is 2.20. The Hall–Kier alpha value is -0.250. The van der Waals surface area contributed by atoms with Crippen LogP contribution < -0.4 is 10.2 Å². The van der Waals surface area contributed by atoms with Gasteiger partial charge in [0.2, 0.25) is 0 Å². The molecule has 1 aromatic rings. The van der Waals surface area contributed by atoms with Crippen molar-refractivity contribution >= 4 is 33.2 Å². The van der Waals surface area contributed by atoms with E-state index in [2.05, 4.69) is 39.1 Å². The summed E-state index contributed by atoms with van der Waals surface area (Å²) in [6.45, 7) is 5.27. The zero-order chi connectivity index (χ0) is 10.8. The summed E-state index contributed by atoms with van der Waals surface area (Å²) in [5.74, 6) is 0. The van der Waals surface area contributed by atoms with Crippen LogP contribution in [0, 0.1) is 0 Å². The number of anilines is 1. The van der Waals surface area contributed by atoms with Crippen LogP contribution in [0.5, 0.6) is 0 Å². The molecule has 1 aliphatic rings. The van der Waals surface area contributed by atoms with Crippen molar-refractivity contribution < 1.29 is 0 Å². The molecule has 1 fully saturated rings. The smallest absolute Gasteiger partial charge is 0.0650 e. The Morgan fingerprint density at radius 3 is 3.00 bits per heavy atom. The molecular weight excluding hydrogens is 275 g/mol. The lowest BCUT2D eigenvalue weighted by atomic mass is 10.2. The second-order valence-corrected chi connectivity index (χ2v) is 5.17. The van der Waals surface area contributed by atoms with E-state index in [1.54, 1.807) is 0 Å². The van der Waals surface area contributed by atoms with Crippen molar-refractivity contribution in [1.82, 2.24) is 5.32 Å². The van der Waals surface area contributed by atoms with Crippen molar-refractivity contribution in [2.24, 2.45) is 0 Å². The molecule has 1 saturated heterocycles. The van der Waals surface area contributed by atoms with Crippen molar-refractivity contribution in [3.8, 4) is 0 Å². The second kappa shape index (κ2) is 4.73. The lowest BCUT2D eigenvalue weighted by Gasteiger charge is -2.36. The molecule has 82 valence electrons. The topological polar surface area (TPSA) is 15.3 Å². The molecule has 1 aromatic carbocycles. The molecule has 0 aliphatic carbocycles. The lowest BCUT2D eigenvalue weighted by molar-refractivity contribution is 0.501. The van der Waals surface area contributed by atoms with Crippen LogP contribution in [0.25, 0.3) is 0 Å². The number of nitrogens with one attached hydrogen (secondary N) is 1. The predicted octanol–water partition coefficient (Wildman–Crippen LogP) is 2.90. The largest absolute Gasteiger partial charge is 0.365 e. The number of hydrogen-bond acceptors (Lipinski definition) is 2. The van der Waals surface area contributed by atoms with Crippen LogP contribution in [0.2, 0.25) is 5.02 Å². The molecule has 1 atom stereocenters. The normalized spacial score (nSPS) is 21.8. The molecule has 1 heterocycles. The Morgan fingerprint density at radius 2 is 2.33 bits per heavy atom. The molecule has 2 rings (SSSR count). The van der Waals surface area contributed by atoms with Crippen molar-refractivity contribution in [2.75, 3.05) is 24.5 Å². The van der Waals surface area contributed by atoms with E-state index >= 15 is 0 Å². The van der Waals surface area contributed by atoms with Crippen LogP contribution in [0.3, 0.4) is 0 Å². The molecule has 15 heavy (non-hydrogen) atoms. The first-order valence-electron chi connectivity index (χ1n) is 5.11. The van der Waals surface area contributed by atoms with Gasteiger partial charge in [0.25, 0.3) is 0 Å². The van der Waals surface area contributed by atoms with Crippen molar-refractivity contribution in [3.63, 3.8) is 0 Å². The number of piperazine rings is 1. The minimum atomic E-state index is 0.498. The van der Waals surface area contributed by atoms with Crippen LogP contribution in [-0.2, 0) is 0 Å².